The average molecular weight is 414 g/mol. The summed E-state index contributed by atoms with van der Waals surface area (Å²) >= 11 is 3.61. The molecule has 1 rings (SSSR count). The van der Waals surface area contributed by atoms with Crippen LogP contribution in [-0.4, -0.2) is 36.5 Å². The molecule has 0 atom stereocenters. The smallest absolute Gasteiger partial charge is 0.191 e. The fourth-order valence-electron chi connectivity index (χ4n) is 1.44. The van der Waals surface area contributed by atoms with Gasteiger partial charge in [-0.2, -0.15) is 11.8 Å². The summed E-state index contributed by atoms with van der Waals surface area (Å²) in [4.78, 5) is 9.75. The maximum atomic E-state index is 4.31. The van der Waals surface area contributed by atoms with Crippen LogP contribution in [-0.2, 0) is 6.54 Å². The van der Waals surface area contributed by atoms with E-state index in [4.69, 9.17) is 0 Å². The molecule has 0 radical (unpaired) electrons. The highest BCUT2D eigenvalue weighted by Crippen LogP contribution is 2.10. The number of rotatable bonds is 7. The lowest BCUT2D eigenvalue weighted by atomic mass is 10.3. The van der Waals surface area contributed by atoms with Gasteiger partial charge in [0.15, 0.2) is 5.96 Å². The molecule has 4 nitrogen and oxygen atoms in total. The quantitative estimate of drug-likeness (QED) is 0.312. The maximum Gasteiger partial charge on any atom is 0.191 e. The molecule has 0 aromatic carbocycles. The summed E-state index contributed by atoms with van der Waals surface area (Å²) in [6.45, 7) is 3.78. The fraction of sp³-hybridized carbons (Fsp3) is 0.667. The van der Waals surface area contributed by atoms with Crippen LogP contribution >= 0.6 is 47.1 Å². The van der Waals surface area contributed by atoms with E-state index in [0.29, 0.717) is 0 Å². The number of nitrogens with one attached hydrogen (secondary N) is 2. The van der Waals surface area contributed by atoms with Gasteiger partial charge in [0.2, 0.25) is 0 Å². The van der Waals surface area contributed by atoms with Gasteiger partial charge in [-0.05, 0) is 31.8 Å². The maximum absolute atomic E-state index is 4.31. The third kappa shape index (κ3) is 8.69. The van der Waals surface area contributed by atoms with Crippen LogP contribution in [0.15, 0.2) is 11.2 Å². The number of unbranched alkanes of at least 4 members (excludes halogenated alkanes) is 1. The molecule has 0 saturated carbocycles. The Balaban J connectivity index is 0.00000324. The number of thioether (sulfide) groups is 1. The van der Waals surface area contributed by atoms with Crippen LogP contribution in [0.4, 0.5) is 0 Å². The summed E-state index contributed by atoms with van der Waals surface area (Å²) in [5.74, 6) is 2.08. The van der Waals surface area contributed by atoms with Crippen LogP contribution in [0.5, 0.6) is 0 Å². The first-order valence-electron chi connectivity index (χ1n) is 6.11. The van der Waals surface area contributed by atoms with E-state index in [-0.39, 0.29) is 24.0 Å². The third-order valence-corrected chi connectivity index (χ3v) is 3.98. The zero-order valence-electron chi connectivity index (χ0n) is 11.7. The summed E-state index contributed by atoms with van der Waals surface area (Å²) in [7, 11) is 1.80. The van der Waals surface area contributed by atoms with E-state index in [9.17, 15) is 0 Å². The Bertz CT molecular complexity index is 368. The Morgan fingerprint density at radius 2 is 2.21 bits per heavy atom. The Morgan fingerprint density at radius 3 is 2.79 bits per heavy atom. The van der Waals surface area contributed by atoms with Gasteiger partial charge in [0.05, 0.1) is 6.54 Å². The van der Waals surface area contributed by atoms with Crippen molar-refractivity contribution in [1.29, 1.82) is 0 Å². The largest absolute Gasteiger partial charge is 0.356 e. The van der Waals surface area contributed by atoms with Crippen molar-refractivity contribution < 1.29 is 0 Å². The van der Waals surface area contributed by atoms with Crippen molar-refractivity contribution in [3.63, 3.8) is 0 Å². The normalized spacial score (nSPS) is 11.0. The number of aryl methyl sites for hydroxylation is 1. The molecule has 1 heterocycles. The Kier molecular flexibility index (Phi) is 11.8. The minimum atomic E-state index is 0. The molecule has 110 valence electrons. The molecule has 0 amide bonds. The minimum Gasteiger partial charge on any atom is -0.356 e. The monoisotopic (exact) mass is 414 g/mol. The van der Waals surface area contributed by atoms with Gasteiger partial charge >= 0.3 is 0 Å². The molecular formula is C12H23IN4S2. The molecule has 1 aromatic heterocycles. The second-order valence-electron chi connectivity index (χ2n) is 3.92. The highest BCUT2D eigenvalue weighted by Gasteiger charge is 2.00. The lowest BCUT2D eigenvalue weighted by Gasteiger charge is -2.10. The first-order chi connectivity index (χ1) is 8.76. The number of hydrogen-bond donors (Lipinski definition) is 2. The molecule has 19 heavy (non-hydrogen) atoms. The number of halogens is 1. The van der Waals surface area contributed by atoms with Crippen molar-refractivity contribution in [2.24, 2.45) is 4.99 Å². The molecule has 0 aliphatic carbocycles. The molecule has 0 saturated heterocycles. The molecule has 1 aromatic rings. The van der Waals surface area contributed by atoms with Crippen LogP contribution in [0.1, 0.15) is 22.7 Å². The molecule has 0 aliphatic heterocycles. The highest BCUT2D eigenvalue weighted by atomic mass is 127. The van der Waals surface area contributed by atoms with E-state index in [1.165, 1.54) is 23.5 Å². The minimum absolute atomic E-state index is 0. The third-order valence-electron chi connectivity index (χ3n) is 2.37. The molecule has 7 heteroatoms. The van der Waals surface area contributed by atoms with E-state index in [1.807, 2.05) is 18.0 Å². The van der Waals surface area contributed by atoms with Gasteiger partial charge in [0.25, 0.3) is 0 Å². The number of guanidine groups is 1. The topological polar surface area (TPSA) is 49.3 Å². The molecule has 0 unspecified atom stereocenters. The summed E-state index contributed by atoms with van der Waals surface area (Å²) in [6, 6.07) is 0. The highest BCUT2D eigenvalue weighted by molar-refractivity contribution is 14.0. The second kappa shape index (κ2) is 11.8. The second-order valence-corrected chi connectivity index (χ2v) is 6.22. The number of nitrogens with zero attached hydrogens (tertiary/aromatic N) is 2. The van der Waals surface area contributed by atoms with Crippen molar-refractivity contribution in [2.45, 2.75) is 26.3 Å². The van der Waals surface area contributed by atoms with E-state index in [0.717, 1.165) is 24.1 Å². The lowest BCUT2D eigenvalue weighted by Crippen LogP contribution is -2.37. The predicted molar refractivity (Wildman–Crippen MR) is 98.1 cm³/mol. The van der Waals surface area contributed by atoms with Gasteiger partial charge in [-0.25, -0.2) is 4.98 Å². The average Bonchev–Trinajstić information content (AvgIpc) is 2.78. The van der Waals surface area contributed by atoms with Crippen LogP contribution in [0.3, 0.4) is 0 Å². The molecule has 0 spiro atoms. The van der Waals surface area contributed by atoms with Gasteiger partial charge in [0, 0.05) is 24.7 Å². The molecule has 2 N–H and O–H groups in total. The number of aromatic nitrogens is 1. The van der Waals surface area contributed by atoms with Gasteiger partial charge in [-0.1, -0.05) is 0 Å². The van der Waals surface area contributed by atoms with Crippen LogP contribution in [0.2, 0.25) is 0 Å². The Hall–Kier alpha value is -0.0200. The van der Waals surface area contributed by atoms with Gasteiger partial charge in [-0.15, -0.1) is 35.3 Å². The molecular weight excluding hydrogens is 391 g/mol. The zero-order chi connectivity index (χ0) is 13.2. The first-order valence-corrected chi connectivity index (χ1v) is 8.32. The van der Waals surface area contributed by atoms with E-state index < -0.39 is 0 Å². The SMILES string of the molecule is CN=C(NCCCCSC)NCc1ncc(C)s1.I. The van der Waals surface area contributed by atoms with Crippen LogP contribution < -0.4 is 10.6 Å². The first kappa shape index (κ1) is 19.0. The summed E-state index contributed by atoms with van der Waals surface area (Å²) < 4.78 is 0. The summed E-state index contributed by atoms with van der Waals surface area (Å²) in [6.07, 6.45) is 6.47. The Morgan fingerprint density at radius 1 is 1.42 bits per heavy atom. The standard InChI is InChI=1S/C12H22N4S2.HI/c1-10-8-15-11(18-10)9-16-12(13-2)14-6-4-5-7-17-3;/h8H,4-7,9H2,1-3H3,(H2,13,14,16);1H. The van der Waals surface area contributed by atoms with Crippen LogP contribution in [0.25, 0.3) is 0 Å². The van der Waals surface area contributed by atoms with Crippen molar-refractivity contribution in [3.05, 3.63) is 16.1 Å². The van der Waals surface area contributed by atoms with E-state index in [2.05, 4.69) is 33.8 Å². The van der Waals surface area contributed by atoms with E-state index >= 15 is 0 Å². The fourth-order valence-corrected chi connectivity index (χ4v) is 2.66. The number of aliphatic imine (C=N–C) groups is 1. The zero-order valence-corrected chi connectivity index (χ0v) is 15.7. The molecule has 0 fully saturated rings. The summed E-state index contributed by atoms with van der Waals surface area (Å²) in [5.41, 5.74) is 0. The van der Waals surface area contributed by atoms with Crippen molar-refractivity contribution in [2.75, 3.05) is 25.6 Å². The lowest BCUT2D eigenvalue weighted by molar-refractivity contribution is 0.732. The van der Waals surface area contributed by atoms with Crippen molar-refractivity contribution >= 4 is 53.0 Å². The number of hydrogen-bond acceptors (Lipinski definition) is 4. The molecule has 0 bridgehead atoms. The van der Waals surface area contributed by atoms with Gasteiger partial charge in [0.1, 0.15) is 5.01 Å². The summed E-state index contributed by atoms with van der Waals surface area (Å²) in [5, 5.41) is 7.68. The van der Waals surface area contributed by atoms with Gasteiger partial charge < -0.3 is 10.6 Å². The number of thiazole rings is 1. The van der Waals surface area contributed by atoms with Crippen molar-refractivity contribution in [3.8, 4) is 0 Å². The predicted octanol–water partition coefficient (Wildman–Crippen LogP) is 2.88. The van der Waals surface area contributed by atoms with E-state index in [1.54, 1.807) is 18.4 Å². The molecule has 0 aliphatic rings. The van der Waals surface area contributed by atoms with Crippen molar-refractivity contribution in [1.82, 2.24) is 15.6 Å². The van der Waals surface area contributed by atoms with Crippen LogP contribution in [0, 0.1) is 6.92 Å². The van der Waals surface area contributed by atoms with Gasteiger partial charge in [-0.3, -0.25) is 4.99 Å². The Labute approximate surface area is 141 Å².